The van der Waals surface area contributed by atoms with E-state index in [4.69, 9.17) is 0 Å². The fourth-order valence-electron chi connectivity index (χ4n) is 7.73. The number of aromatic carboxylic acids is 1. The molecule has 0 bridgehead atoms. The van der Waals surface area contributed by atoms with Crippen LogP contribution in [-0.4, -0.2) is 27.3 Å². The van der Waals surface area contributed by atoms with E-state index in [0.29, 0.717) is 23.2 Å². The first-order valence-electron chi connectivity index (χ1n) is 10.7. The highest BCUT2D eigenvalue weighted by atomic mass is 16.4. The van der Waals surface area contributed by atoms with Crippen molar-refractivity contribution in [3.05, 3.63) is 29.1 Å². The molecule has 1 aromatic heterocycles. The highest BCUT2D eigenvalue weighted by Gasteiger charge is 2.59. The van der Waals surface area contributed by atoms with Crippen LogP contribution in [0.25, 0.3) is 0 Å². The van der Waals surface area contributed by atoms with Crippen molar-refractivity contribution in [3.8, 4) is 0 Å². The van der Waals surface area contributed by atoms with Crippen molar-refractivity contribution < 1.29 is 15.0 Å². The fourth-order valence-corrected chi connectivity index (χ4v) is 7.73. The van der Waals surface area contributed by atoms with Crippen molar-refractivity contribution in [1.29, 1.82) is 0 Å². The number of aliphatic hydroxyl groups excluding tert-OH is 1. The standard InChI is InChI=1S/C23H31NO3/c1-22-9-7-15(25)12-14(22)4-5-16-17(22)8-10-23(2)18(16)11-13-3-6-19(21(26)27)24-20(13)23/h3,6,14-18,25H,4-5,7-12H2,1-2H3,(H,26,27)/t14-,15-,16?,17?,18?,22-,23-/m0/s1. The molecule has 27 heavy (non-hydrogen) atoms. The molecule has 5 rings (SSSR count). The van der Waals surface area contributed by atoms with Crippen LogP contribution in [0.3, 0.4) is 0 Å². The van der Waals surface area contributed by atoms with Gasteiger partial charge in [0, 0.05) is 5.41 Å². The maximum Gasteiger partial charge on any atom is 0.354 e. The first-order chi connectivity index (χ1) is 12.8. The Morgan fingerprint density at radius 3 is 2.70 bits per heavy atom. The number of aromatic nitrogens is 1. The van der Waals surface area contributed by atoms with Crippen LogP contribution in [0, 0.1) is 29.1 Å². The van der Waals surface area contributed by atoms with E-state index in [-0.39, 0.29) is 17.2 Å². The molecular weight excluding hydrogens is 338 g/mol. The normalized spacial score (nSPS) is 45.4. The van der Waals surface area contributed by atoms with E-state index in [1.54, 1.807) is 6.07 Å². The summed E-state index contributed by atoms with van der Waals surface area (Å²) >= 11 is 0. The van der Waals surface area contributed by atoms with Crippen molar-refractivity contribution >= 4 is 5.97 Å². The van der Waals surface area contributed by atoms with Gasteiger partial charge in [0.1, 0.15) is 5.69 Å². The van der Waals surface area contributed by atoms with Crippen LogP contribution in [0.2, 0.25) is 0 Å². The summed E-state index contributed by atoms with van der Waals surface area (Å²) in [6, 6.07) is 3.70. The van der Waals surface area contributed by atoms with E-state index < -0.39 is 5.97 Å². The lowest BCUT2D eigenvalue weighted by molar-refractivity contribution is -0.111. The summed E-state index contributed by atoms with van der Waals surface area (Å²) in [7, 11) is 0. The number of hydrogen-bond acceptors (Lipinski definition) is 3. The number of pyridine rings is 1. The van der Waals surface area contributed by atoms with E-state index in [1.807, 2.05) is 6.07 Å². The van der Waals surface area contributed by atoms with Gasteiger partial charge in [-0.1, -0.05) is 19.9 Å². The van der Waals surface area contributed by atoms with Gasteiger partial charge >= 0.3 is 5.97 Å². The van der Waals surface area contributed by atoms with Crippen LogP contribution in [0.15, 0.2) is 12.1 Å². The highest BCUT2D eigenvalue weighted by Crippen LogP contribution is 2.65. The van der Waals surface area contributed by atoms with Gasteiger partial charge in [-0.15, -0.1) is 0 Å². The maximum absolute atomic E-state index is 11.4. The van der Waals surface area contributed by atoms with Crippen LogP contribution in [0.5, 0.6) is 0 Å². The molecule has 3 fully saturated rings. The lowest BCUT2D eigenvalue weighted by Gasteiger charge is -2.60. The lowest BCUT2D eigenvalue weighted by atomic mass is 9.45. The number of carbonyl (C=O) groups is 1. The Hall–Kier alpha value is -1.42. The van der Waals surface area contributed by atoms with E-state index in [9.17, 15) is 15.0 Å². The zero-order valence-electron chi connectivity index (χ0n) is 16.4. The Kier molecular flexibility index (Phi) is 3.79. The maximum atomic E-state index is 11.4. The van der Waals surface area contributed by atoms with E-state index >= 15 is 0 Å². The SMILES string of the molecule is C[C@]12CCC3C(CC[C@H]4C[C@@H](O)CC[C@]34C)C1Cc1ccc(C(=O)O)nc12. The largest absolute Gasteiger partial charge is 0.477 e. The Balaban J connectivity index is 1.49. The molecule has 4 heteroatoms. The smallest absolute Gasteiger partial charge is 0.354 e. The lowest BCUT2D eigenvalue weighted by Crippen LogP contribution is -2.54. The van der Waals surface area contributed by atoms with Gasteiger partial charge in [0.15, 0.2) is 0 Å². The summed E-state index contributed by atoms with van der Waals surface area (Å²) in [6.07, 6.45) is 8.92. The van der Waals surface area contributed by atoms with E-state index in [1.165, 1.54) is 24.8 Å². The van der Waals surface area contributed by atoms with Crippen LogP contribution < -0.4 is 0 Å². The summed E-state index contributed by atoms with van der Waals surface area (Å²) in [5.74, 6) is 1.80. The molecule has 4 aliphatic carbocycles. The van der Waals surface area contributed by atoms with Gasteiger partial charge in [0.05, 0.1) is 11.8 Å². The fraction of sp³-hybridized carbons (Fsp3) is 0.739. The molecule has 4 nitrogen and oxygen atoms in total. The third-order valence-corrected chi connectivity index (χ3v) is 9.21. The Morgan fingerprint density at radius 2 is 1.93 bits per heavy atom. The minimum absolute atomic E-state index is 0.0271. The quantitative estimate of drug-likeness (QED) is 0.778. The molecule has 4 aliphatic rings. The first-order valence-corrected chi connectivity index (χ1v) is 10.7. The Morgan fingerprint density at radius 1 is 1.11 bits per heavy atom. The number of rotatable bonds is 1. The predicted molar refractivity (Wildman–Crippen MR) is 103 cm³/mol. The summed E-state index contributed by atoms with van der Waals surface area (Å²) in [4.78, 5) is 16.1. The molecule has 7 atom stereocenters. The van der Waals surface area contributed by atoms with Crippen molar-refractivity contribution in [2.45, 2.75) is 76.7 Å². The van der Waals surface area contributed by atoms with E-state index in [2.05, 4.69) is 18.8 Å². The molecule has 146 valence electrons. The molecule has 0 radical (unpaired) electrons. The topological polar surface area (TPSA) is 70.4 Å². The minimum Gasteiger partial charge on any atom is -0.477 e. The van der Waals surface area contributed by atoms with Gasteiger partial charge in [-0.25, -0.2) is 9.78 Å². The molecule has 1 heterocycles. The number of aliphatic hydroxyl groups is 1. The van der Waals surface area contributed by atoms with Gasteiger partial charge in [0.25, 0.3) is 0 Å². The van der Waals surface area contributed by atoms with Crippen molar-refractivity contribution in [2.24, 2.45) is 29.1 Å². The van der Waals surface area contributed by atoms with Crippen LogP contribution in [-0.2, 0) is 11.8 Å². The molecule has 0 spiro atoms. The molecule has 0 aliphatic heterocycles. The van der Waals surface area contributed by atoms with Gasteiger partial charge in [-0.05, 0) is 92.1 Å². The highest BCUT2D eigenvalue weighted by molar-refractivity contribution is 5.85. The molecule has 0 amide bonds. The van der Waals surface area contributed by atoms with Gasteiger partial charge in [0.2, 0.25) is 0 Å². The average molecular weight is 370 g/mol. The van der Waals surface area contributed by atoms with Crippen molar-refractivity contribution in [2.75, 3.05) is 0 Å². The second-order valence-corrected chi connectivity index (χ2v) is 10.3. The second kappa shape index (κ2) is 5.79. The van der Waals surface area contributed by atoms with Gasteiger partial charge in [-0.3, -0.25) is 0 Å². The monoisotopic (exact) mass is 369 g/mol. The molecule has 0 saturated heterocycles. The van der Waals surface area contributed by atoms with Crippen molar-refractivity contribution in [3.63, 3.8) is 0 Å². The van der Waals surface area contributed by atoms with Crippen LogP contribution in [0.4, 0.5) is 0 Å². The zero-order chi connectivity index (χ0) is 19.0. The summed E-state index contributed by atoms with van der Waals surface area (Å²) in [6.45, 7) is 4.85. The molecular formula is C23H31NO3. The summed E-state index contributed by atoms with van der Waals surface area (Å²) in [5.41, 5.74) is 2.93. The zero-order valence-corrected chi connectivity index (χ0v) is 16.4. The van der Waals surface area contributed by atoms with Crippen LogP contribution in [0.1, 0.15) is 80.5 Å². The van der Waals surface area contributed by atoms with Crippen molar-refractivity contribution in [1.82, 2.24) is 4.98 Å². The van der Waals surface area contributed by atoms with Gasteiger partial charge < -0.3 is 10.2 Å². The number of carboxylic acids is 1. The van der Waals surface area contributed by atoms with Gasteiger partial charge in [-0.2, -0.15) is 0 Å². The first kappa shape index (κ1) is 17.7. The third-order valence-electron chi connectivity index (χ3n) is 9.21. The van der Waals surface area contributed by atoms with E-state index in [0.717, 1.165) is 43.7 Å². The molecule has 1 aromatic rings. The molecule has 3 saturated carbocycles. The summed E-state index contributed by atoms with van der Waals surface area (Å²) in [5, 5.41) is 19.6. The minimum atomic E-state index is -0.924. The number of nitrogens with zero attached hydrogens (tertiary/aromatic N) is 1. The molecule has 2 N–H and O–H groups in total. The number of hydrogen-bond donors (Lipinski definition) is 2. The Bertz CT molecular complexity index is 792. The summed E-state index contributed by atoms with van der Waals surface area (Å²) < 4.78 is 0. The average Bonchev–Trinajstić information content (AvgIpc) is 2.94. The Labute approximate surface area is 161 Å². The predicted octanol–water partition coefficient (Wildman–Crippen LogP) is 4.20. The molecule has 3 unspecified atom stereocenters. The third kappa shape index (κ3) is 2.38. The second-order valence-electron chi connectivity index (χ2n) is 10.3. The number of carboxylic acid groups (broad SMARTS) is 1. The number of fused-ring (bicyclic) bond motifs is 7. The van der Waals surface area contributed by atoms with Crippen LogP contribution >= 0.6 is 0 Å². The molecule has 0 aromatic carbocycles.